The summed E-state index contributed by atoms with van der Waals surface area (Å²) in [5, 5.41) is 0. The topological polar surface area (TPSA) is 26.0 Å². The van der Waals surface area contributed by atoms with Crippen molar-refractivity contribution in [1.82, 2.24) is 0 Å². The summed E-state index contributed by atoms with van der Waals surface area (Å²) in [6.07, 6.45) is 0.838. The zero-order valence-corrected chi connectivity index (χ0v) is 9.86. The van der Waals surface area contributed by atoms with E-state index in [2.05, 4.69) is 32.9 Å². The average Bonchev–Trinajstić information content (AvgIpc) is 2.11. The first-order valence-corrected chi connectivity index (χ1v) is 5.49. The maximum atomic E-state index is 6.04. The number of hydrogen-bond donors (Lipinski definition) is 1. The molecule has 1 atom stereocenters. The van der Waals surface area contributed by atoms with Gasteiger partial charge in [-0.05, 0) is 49.4 Å². The van der Waals surface area contributed by atoms with Crippen LogP contribution >= 0.6 is 11.6 Å². The molecule has 1 nitrogen and oxygen atoms in total. The summed E-state index contributed by atoms with van der Waals surface area (Å²) in [5.41, 5.74) is 11.2. The first-order chi connectivity index (χ1) is 6.56. The van der Waals surface area contributed by atoms with E-state index in [1.54, 1.807) is 0 Å². The average molecular weight is 212 g/mol. The molecule has 1 aromatic rings. The molecule has 14 heavy (non-hydrogen) atoms. The van der Waals surface area contributed by atoms with Crippen molar-refractivity contribution in [2.24, 2.45) is 5.73 Å². The molecule has 0 amide bonds. The molecule has 0 aliphatic heterocycles. The Labute approximate surface area is 91.3 Å². The van der Waals surface area contributed by atoms with Gasteiger partial charge in [-0.2, -0.15) is 0 Å². The van der Waals surface area contributed by atoms with Gasteiger partial charge in [0.2, 0.25) is 0 Å². The van der Waals surface area contributed by atoms with Crippen LogP contribution in [0.4, 0.5) is 0 Å². The number of rotatable bonds is 3. The van der Waals surface area contributed by atoms with Crippen molar-refractivity contribution in [3.05, 3.63) is 34.4 Å². The molecule has 0 aliphatic rings. The third-order valence-corrected chi connectivity index (χ3v) is 2.92. The van der Waals surface area contributed by atoms with E-state index in [4.69, 9.17) is 17.3 Å². The molecule has 2 heteroatoms. The van der Waals surface area contributed by atoms with Crippen LogP contribution in [0.5, 0.6) is 0 Å². The van der Waals surface area contributed by atoms with E-state index in [1.165, 1.54) is 22.3 Å². The predicted octanol–water partition coefficient (Wildman–Crippen LogP) is 3.24. The molecule has 0 bridgehead atoms. The minimum atomic E-state index is 0.0757. The molecule has 0 heterocycles. The second kappa shape index (κ2) is 4.81. The number of benzene rings is 1. The minimum absolute atomic E-state index is 0.0757. The van der Waals surface area contributed by atoms with Gasteiger partial charge in [-0.1, -0.05) is 12.1 Å². The third kappa shape index (κ3) is 2.49. The summed E-state index contributed by atoms with van der Waals surface area (Å²) in [6, 6.07) is 4.45. The minimum Gasteiger partial charge on any atom is -0.324 e. The molecule has 0 aromatic heterocycles. The van der Waals surface area contributed by atoms with Crippen molar-refractivity contribution in [3.63, 3.8) is 0 Å². The summed E-state index contributed by atoms with van der Waals surface area (Å²) in [7, 11) is 0. The Kier molecular flexibility index (Phi) is 3.97. The van der Waals surface area contributed by atoms with Gasteiger partial charge in [0.05, 0.1) is 0 Å². The monoisotopic (exact) mass is 211 g/mol. The van der Waals surface area contributed by atoms with Gasteiger partial charge in [0.15, 0.2) is 0 Å². The van der Waals surface area contributed by atoms with E-state index in [9.17, 15) is 0 Å². The van der Waals surface area contributed by atoms with Crippen molar-refractivity contribution in [2.75, 3.05) is 5.88 Å². The highest BCUT2D eigenvalue weighted by Crippen LogP contribution is 2.22. The first-order valence-electron chi connectivity index (χ1n) is 4.95. The van der Waals surface area contributed by atoms with Crippen LogP contribution in [0.3, 0.4) is 0 Å². The van der Waals surface area contributed by atoms with Crippen LogP contribution in [0.15, 0.2) is 12.1 Å². The van der Waals surface area contributed by atoms with Crippen molar-refractivity contribution in [1.29, 1.82) is 0 Å². The molecule has 0 saturated heterocycles. The lowest BCUT2D eigenvalue weighted by molar-refractivity contribution is 0.697. The molecular weight excluding hydrogens is 194 g/mol. The van der Waals surface area contributed by atoms with E-state index < -0.39 is 0 Å². The molecule has 1 rings (SSSR count). The Hall–Kier alpha value is -0.530. The van der Waals surface area contributed by atoms with Crippen LogP contribution in [0.25, 0.3) is 0 Å². The van der Waals surface area contributed by atoms with Gasteiger partial charge in [0, 0.05) is 11.9 Å². The zero-order chi connectivity index (χ0) is 10.7. The number of alkyl halides is 1. The molecule has 1 aromatic carbocycles. The predicted molar refractivity (Wildman–Crippen MR) is 62.9 cm³/mol. The second-order valence-corrected chi connectivity index (χ2v) is 4.26. The molecule has 0 saturated carbocycles. The third-order valence-electron chi connectivity index (χ3n) is 2.70. The Morgan fingerprint density at radius 3 is 2.29 bits per heavy atom. The van der Waals surface area contributed by atoms with E-state index >= 15 is 0 Å². The molecule has 78 valence electrons. The molecule has 0 fully saturated rings. The smallest absolute Gasteiger partial charge is 0.0308 e. The normalized spacial score (nSPS) is 12.9. The summed E-state index contributed by atoms with van der Waals surface area (Å²) in [5.74, 6) is 0.619. The standard InChI is InChI=1S/C12H18ClN/c1-8-6-10(3)11(7-9(8)2)12(14)4-5-13/h6-7,12H,4-5,14H2,1-3H3. The zero-order valence-electron chi connectivity index (χ0n) is 9.10. The highest BCUT2D eigenvalue weighted by molar-refractivity contribution is 6.17. The van der Waals surface area contributed by atoms with Crippen molar-refractivity contribution in [2.45, 2.75) is 33.2 Å². The fraction of sp³-hybridized carbons (Fsp3) is 0.500. The van der Waals surface area contributed by atoms with Crippen LogP contribution in [0, 0.1) is 20.8 Å². The largest absolute Gasteiger partial charge is 0.324 e. The van der Waals surface area contributed by atoms with E-state index in [-0.39, 0.29) is 6.04 Å². The van der Waals surface area contributed by atoms with Gasteiger partial charge in [-0.15, -0.1) is 11.6 Å². The lowest BCUT2D eigenvalue weighted by atomic mass is 9.95. The molecule has 0 radical (unpaired) electrons. The molecule has 2 N–H and O–H groups in total. The molecule has 0 aliphatic carbocycles. The summed E-state index contributed by atoms with van der Waals surface area (Å²) >= 11 is 5.69. The summed E-state index contributed by atoms with van der Waals surface area (Å²) in [6.45, 7) is 6.35. The lowest BCUT2D eigenvalue weighted by Gasteiger charge is -2.15. The van der Waals surface area contributed by atoms with Crippen molar-refractivity contribution >= 4 is 11.6 Å². The van der Waals surface area contributed by atoms with E-state index in [1.807, 2.05) is 0 Å². The number of hydrogen-bond acceptors (Lipinski definition) is 1. The molecule has 0 spiro atoms. The van der Waals surface area contributed by atoms with Crippen molar-refractivity contribution < 1.29 is 0 Å². The van der Waals surface area contributed by atoms with Crippen molar-refractivity contribution in [3.8, 4) is 0 Å². The van der Waals surface area contributed by atoms with Crippen LogP contribution < -0.4 is 5.73 Å². The van der Waals surface area contributed by atoms with Gasteiger partial charge >= 0.3 is 0 Å². The van der Waals surface area contributed by atoms with E-state index in [0.717, 1.165) is 6.42 Å². The fourth-order valence-corrected chi connectivity index (χ4v) is 1.89. The van der Waals surface area contributed by atoms with Crippen LogP contribution in [0.1, 0.15) is 34.7 Å². The fourth-order valence-electron chi connectivity index (χ4n) is 1.66. The van der Waals surface area contributed by atoms with Crippen LogP contribution in [-0.2, 0) is 0 Å². The second-order valence-electron chi connectivity index (χ2n) is 3.88. The highest BCUT2D eigenvalue weighted by Gasteiger charge is 2.09. The van der Waals surface area contributed by atoms with Gasteiger partial charge < -0.3 is 5.73 Å². The molecule has 1 unspecified atom stereocenters. The summed E-state index contributed by atoms with van der Waals surface area (Å²) < 4.78 is 0. The Balaban J connectivity index is 3.02. The van der Waals surface area contributed by atoms with Gasteiger partial charge in [-0.25, -0.2) is 0 Å². The molecular formula is C12H18ClN. The number of nitrogens with two attached hydrogens (primary N) is 1. The number of aryl methyl sites for hydroxylation is 3. The SMILES string of the molecule is Cc1cc(C)c(C(N)CCCl)cc1C. The first kappa shape index (κ1) is 11.5. The van der Waals surface area contributed by atoms with Gasteiger partial charge in [0.25, 0.3) is 0 Å². The maximum Gasteiger partial charge on any atom is 0.0308 e. The summed E-state index contributed by atoms with van der Waals surface area (Å²) in [4.78, 5) is 0. The van der Waals surface area contributed by atoms with Crippen LogP contribution in [0.2, 0.25) is 0 Å². The van der Waals surface area contributed by atoms with Gasteiger partial charge in [0.1, 0.15) is 0 Å². The maximum absolute atomic E-state index is 6.04. The Morgan fingerprint density at radius 1 is 1.14 bits per heavy atom. The Bertz CT molecular complexity index is 320. The van der Waals surface area contributed by atoms with Gasteiger partial charge in [-0.3, -0.25) is 0 Å². The Morgan fingerprint density at radius 2 is 1.71 bits per heavy atom. The number of halogens is 1. The van der Waals surface area contributed by atoms with E-state index in [0.29, 0.717) is 5.88 Å². The lowest BCUT2D eigenvalue weighted by Crippen LogP contribution is -2.12. The quantitative estimate of drug-likeness (QED) is 0.764. The highest BCUT2D eigenvalue weighted by atomic mass is 35.5. The van der Waals surface area contributed by atoms with Crippen LogP contribution in [-0.4, -0.2) is 5.88 Å².